The minimum absolute atomic E-state index is 0.781. The number of aromatic nitrogens is 1. The van der Waals surface area contributed by atoms with Crippen LogP contribution in [0.2, 0.25) is 0 Å². The maximum Gasteiger partial charge on any atom is 0.126 e. The smallest absolute Gasteiger partial charge is 0.126 e. The number of rotatable bonds is 4. The van der Waals surface area contributed by atoms with Crippen LogP contribution >= 0.6 is 0 Å². The van der Waals surface area contributed by atoms with Crippen LogP contribution in [0.3, 0.4) is 0 Å². The first-order chi connectivity index (χ1) is 9.81. The molecule has 106 valence electrons. The Morgan fingerprint density at radius 2 is 1.75 bits per heavy atom. The van der Waals surface area contributed by atoms with Crippen LogP contribution in [0.1, 0.15) is 49.3 Å². The van der Waals surface area contributed by atoms with Gasteiger partial charge in [0.15, 0.2) is 0 Å². The van der Waals surface area contributed by atoms with Crippen LogP contribution in [0, 0.1) is 6.92 Å². The third-order valence-electron chi connectivity index (χ3n) is 3.43. The van der Waals surface area contributed by atoms with Crippen molar-refractivity contribution in [2.45, 2.75) is 46.1 Å². The molecule has 0 unspecified atom stereocenters. The normalized spacial score (nSPS) is 13.3. The highest BCUT2D eigenvalue weighted by Gasteiger charge is 2.23. The van der Waals surface area contributed by atoms with Gasteiger partial charge in [0.25, 0.3) is 0 Å². The minimum atomic E-state index is 0.781. The second kappa shape index (κ2) is 7.09. The SMILES string of the molecule is CC.Cc1ccc(CNc2ccc(C3CC3)cn2)cc1. The molecular weight excluding hydrogens is 244 g/mol. The molecule has 2 nitrogen and oxygen atoms in total. The van der Waals surface area contributed by atoms with Gasteiger partial charge in [-0.25, -0.2) is 4.98 Å². The van der Waals surface area contributed by atoms with E-state index in [1.54, 1.807) is 0 Å². The topological polar surface area (TPSA) is 24.9 Å². The zero-order valence-electron chi connectivity index (χ0n) is 12.7. The van der Waals surface area contributed by atoms with Crippen LogP contribution in [-0.2, 0) is 6.54 Å². The largest absolute Gasteiger partial charge is 0.366 e. The average Bonchev–Trinajstić information content (AvgIpc) is 3.34. The van der Waals surface area contributed by atoms with Crippen molar-refractivity contribution in [1.29, 1.82) is 0 Å². The Kier molecular flexibility index (Phi) is 5.16. The summed E-state index contributed by atoms with van der Waals surface area (Å²) in [6.07, 6.45) is 4.67. The van der Waals surface area contributed by atoms with Crippen molar-refractivity contribution in [1.82, 2.24) is 4.98 Å². The molecule has 1 heterocycles. The predicted octanol–water partition coefficient (Wildman–Crippen LogP) is 4.91. The van der Waals surface area contributed by atoms with Crippen LogP contribution in [0.25, 0.3) is 0 Å². The summed E-state index contributed by atoms with van der Waals surface area (Å²) < 4.78 is 0. The molecule has 1 aromatic heterocycles. The minimum Gasteiger partial charge on any atom is -0.366 e. The first kappa shape index (κ1) is 14.6. The molecule has 0 saturated heterocycles. The summed E-state index contributed by atoms with van der Waals surface area (Å²) in [6, 6.07) is 12.9. The third kappa shape index (κ3) is 4.09. The molecule has 1 N–H and O–H groups in total. The first-order valence-electron chi connectivity index (χ1n) is 7.56. The molecule has 0 atom stereocenters. The van der Waals surface area contributed by atoms with Gasteiger partial charge in [0.1, 0.15) is 5.82 Å². The molecule has 0 aliphatic heterocycles. The number of pyridine rings is 1. The predicted molar refractivity (Wildman–Crippen MR) is 86.1 cm³/mol. The summed E-state index contributed by atoms with van der Waals surface area (Å²) in [4.78, 5) is 4.46. The van der Waals surface area contributed by atoms with E-state index in [9.17, 15) is 0 Å². The van der Waals surface area contributed by atoms with E-state index in [0.29, 0.717) is 0 Å². The second-order valence-electron chi connectivity index (χ2n) is 5.09. The fourth-order valence-corrected chi connectivity index (χ4v) is 2.07. The summed E-state index contributed by atoms with van der Waals surface area (Å²) in [5, 5.41) is 3.36. The van der Waals surface area contributed by atoms with Crippen molar-refractivity contribution in [3.63, 3.8) is 0 Å². The van der Waals surface area contributed by atoms with Crippen molar-refractivity contribution >= 4 is 5.82 Å². The number of aryl methyl sites for hydroxylation is 1. The molecule has 20 heavy (non-hydrogen) atoms. The van der Waals surface area contributed by atoms with E-state index in [0.717, 1.165) is 18.3 Å². The molecule has 2 aromatic rings. The van der Waals surface area contributed by atoms with Crippen molar-refractivity contribution in [3.8, 4) is 0 Å². The molecule has 1 fully saturated rings. The molecule has 2 heteroatoms. The van der Waals surface area contributed by atoms with Gasteiger partial charge in [0.05, 0.1) is 0 Å². The van der Waals surface area contributed by atoms with Gasteiger partial charge < -0.3 is 5.32 Å². The number of nitrogens with zero attached hydrogens (tertiary/aromatic N) is 1. The van der Waals surface area contributed by atoms with Gasteiger partial charge in [-0.05, 0) is 42.9 Å². The Balaban J connectivity index is 0.000000704. The highest BCUT2D eigenvalue weighted by Crippen LogP contribution is 2.39. The number of nitrogens with one attached hydrogen (secondary N) is 1. The number of benzene rings is 1. The number of hydrogen-bond donors (Lipinski definition) is 1. The average molecular weight is 268 g/mol. The molecule has 1 aromatic carbocycles. The van der Waals surface area contributed by atoms with E-state index in [1.807, 2.05) is 20.0 Å². The second-order valence-corrected chi connectivity index (χ2v) is 5.09. The van der Waals surface area contributed by atoms with Gasteiger partial charge in [-0.2, -0.15) is 0 Å². The van der Waals surface area contributed by atoms with Gasteiger partial charge in [0.2, 0.25) is 0 Å². The van der Waals surface area contributed by atoms with Crippen molar-refractivity contribution in [2.24, 2.45) is 0 Å². The molecule has 0 bridgehead atoms. The lowest BCUT2D eigenvalue weighted by Gasteiger charge is -2.06. The standard InChI is InChI=1S/C16H18N2.C2H6/c1-12-2-4-13(5-3-12)10-17-16-9-8-15(11-18-16)14-6-7-14;1-2/h2-5,8-9,11,14H,6-7,10H2,1H3,(H,17,18);1-2H3. The molecule has 0 spiro atoms. The van der Waals surface area contributed by atoms with Crippen molar-refractivity contribution < 1.29 is 0 Å². The lowest BCUT2D eigenvalue weighted by atomic mass is 10.1. The van der Waals surface area contributed by atoms with Crippen LogP contribution in [0.5, 0.6) is 0 Å². The maximum atomic E-state index is 4.46. The summed E-state index contributed by atoms with van der Waals surface area (Å²) >= 11 is 0. The van der Waals surface area contributed by atoms with Crippen molar-refractivity contribution in [3.05, 3.63) is 59.3 Å². The number of hydrogen-bond acceptors (Lipinski definition) is 2. The first-order valence-corrected chi connectivity index (χ1v) is 7.56. The molecule has 3 rings (SSSR count). The molecular formula is C18H24N2. The zero-order valence-corrected chi connectivity index (χ0v) is 12.7. The van der Waals surface area contributed by atoms with Gasteiger partial charge in [-0.1, -0.05) is 49.7 Å². The zero-order chi connectivity index (χ0) is 14.4. The Labute approximate surface area is 122 Å². The van der Waals surface area contributed by atoms with Crippen LogP contribution in [0.15, 0.2) is 42.6 Å². The Hall–Kier alpha value is -1.83. The van der Waals surface area contributed by atoms with E-state index >= 15 is 0 Å². The lowest BCUT2D eigenvalue weighted by molar-refractivity contribution is 1.06. The number of anilines is 1. The Morgan fingerprint density at radius 1 is 1.05 bits per heavy atom. The lowest BCUT2D eigenvalue weighted by Crippen LogP contribution is -2.01. The van der Waals surface area contributed by atoms with E-state index in [1.165, 1.54) is 29.5 Å². The molecule has 1 saturated carbocycles. The highest BCUT2D eigenvalue weighted by atomic mass is 15.0. The van der Waals surface area contributed by atoms with Crippen LogP contribution < -0.4 is 5.32 Å². The molecule has 1 aliphatic rings. The summed E-state index contributed by atoms with van der Waals surface area (Å²) in [7, 11) is 0. The van der Waals surface area contributed by atoms with Crippen molar-refractivity contribution in [2.75, 3.05) is 5.32 Å². The van der Waals surface area contributed by atoms with E-state index < -0.39 is 0 Å². The Morgan fingerprint density at radius 3 is 2.30 bits per heavy atom. The van der Waals surface area contributed by atoms with Crippen LogP contribution in [-0.4, -0.2) is 4.98 Å². The molecule has 0 amide bonds. The molecule has 0 radical (unpaired) electrons. The summed E-state index contributed by atoms with van der Waals surface area (Å²) in [5.41, 5.74) is 3.97. The van der Waals surface area contributed by atoms with E-state index in [2.05, 4.69) is 53.6 Å². The highest BCUT2D eigenvalue weighted by molar-refractivity contribution is 5.38. The van der Waals surface area contributed by atoms with Gasteiger partial charge >= 0.3 is 0 Å². The Bertz CT molecular complexity index is 510. The summed E-state index contributed by atoms with van der Waals surface area (Å²) in [5.74, 6) is 1.74. The van der Waals surface area contributed by atoms with Crippen LogP contribution in [0.4, 0.5) is 5.82 Å². The van der Waals surface area contributed by atoms with Gasteiger partial charge in [-0.15, -0.1) is 0 Å². The third-order valence-corrected chi connectivity index (χ3v) is 3.43. The van der Waals surface area contributed by atoms with Gasteiger partial charge in [-0.3, -0.25) is 0 Å². The van der Waals surface area contributed by atoms with E-state index in [-0.39, 0.29) is 0 Å². The fourth-order valence-electron chi connectivity index (χ4n) is 2.07. The maximum absolute atomic E-state index is 4.46. The van der Waals surface area contributed by atoms with E-state index in [4.69, 9.17) is 0 Å². The molecule has 1 aliphatic carbocycles. The fraction of sp³-hybridized carbons (Fsp3) is 0.389. The monoisotopic (exact) mass is 268 g/mol. The summed E-state index contributed by atoms with van der Waals surface area (Å²) in [6.45, 7) is 6.94. The quantitative estimate of drug-likeness (QED) is 0.852. The van der Waals surface area contributed by atoms with Gasteiger partial charge in [0, 0.05) is 12.7 Å².